The second-order valence-corrected chi connectivity index (χ2v) is 7.11. The molecule has 1 heterocycles. The lowest BCUT2D eigenvalue weighted by Crippen LogP contribution is -2.34. The van der Waals surface area contributed by atoms with Crippen molar-refractivity contribution in [2.24, 2.45) is 0 Å². The number of sulfonamides is 1. The molecule has 0 aromatic heterocycles. The van der Waals surface area contributed by atoms with Crippen molar-refractivity contribution in [2.45, 2.75) is 23.8 Å². The van der Waals surface area contributed by atoms with Crippen molar-refractivity contribution >= 4 is 21.6 Å². The van der Waals surface area contributed by atoms with Crippen molar-refractivity contribution in [3.63, 3.8) is 0 Å². The van der Waals surface area contributed by atoms with E-state index in [1.54, 1.807) is 12.1 Å². The molecule has 1 fully saturated rings. The first kappa shape index (κ1) is 14.0. The molecular formula is C13H16ClNO4S. The molecule has 0 saturated heterocycles. The van der Waals surface area contributed by atoms with E-state index < -0.39 is 10.0 Å². The number of nitrogens with zero attached hydrogens (tertiary/aromatic N) is 1. The topological polar surface area (TPSA) is 55.8 Å². The molecule has 1 aromatic rings. The molecule has 3 rings (SSSR count). The number of hydrogen-bond donors (Lipinski definition) is 0. The molecule has 1 aliphatic heterocycles. The quantitative estimate of drug-likeness (QED) is 0.778. The van der Waals surface area contributed by atoms with Crippen molar-refractivity contribution in [3.8, 4) is 11.5 Å². The summed E-state index contributed by atoms with van der Waals surface area (Å²) in [4.78, 5) is 0.235. The average Bonchev–Trinajstić information content (AvgIpc) is 3.28. The van der Waals surface area contributed by atoms with Crippen molar-refractivity contribution < 1.29 is 17.9 Å². The van der Waals surface area contributed by atoms with Crippen LogP contribution >= 0.6 is 11.6 Å². The van der Waals surface area contributed by atoms with Gasteiger partial charge in [-0.3, -0.25) is 0 Å². The van der Waals surface area contributed by atoms with Crippen molar-refractivity contribution in [1.82, 2.24) is 4.31 Å². The number of ether oxygens (including phenoxy) is 2. The van der Waals surface area contributed by atoms with Crippen LogP contribution in [0.15, 0.2) is 23.1 Å². The standard InChI is InChI=1S/C13H16ClNO4S/c14-5-6-15(10-1-2-10)20(16,17)11-3-4-12-13(9-11)19-8-7-18-12/h3-4,9-10H,1-2,5-8H2. The number of hydrogen-bond acceptors (Lipinski definition) is 4. The van der Waals surface area contributed by atoms with Gasteiger partial charge < -0.3 is 9.47 Å². The van der Waals surface area contributed by atoms with E-state index in [0.29, 0.717) is 37.1 Å². The fourth-order valence-corrected chi connectivity index (χ4v) is 4.25. The Morgan fingerprint density at radius 3 is 2.55 bits per heavy atom. The van der Waals surface area contributed by atoms with Crippen molar-refractivity contribution in [2.75, 3.05) is 25.6 Å². The third kappa shape index (κ3) is 2.60. The molecule has 0 amide bonds. The van der Waals surface area contributed by atoms with Crippen LogP contribution in [0.25, 0.3) is 0 Å². The van der Waals surface area contributed by atoms with E-state index in [4.69, 9.17) is 21.1 Å². The average molecular weight is 318 g/mol. The van der Waals surface area contributed by atoms with Crippen molar-refractivity contribution in [3.05, 3.63) is 18.2 Å². The highest BCUT2D eigenvalue weighted by atomic mass is 35.5. The second kappa shape index (κ2) is 5.42. The Bertz CT molecular complexity index is 600. The monoisotopic (exact) mass is 317 g/mol. The first-order chi connectivity index (χ1) is 9.63. The van der Waals surface area contributed by atoms with Gasteiger partial charge in [0.1, 0.15) is 13.2 Å². The molecule has 0 bridgehead atoms. The third-order valence-electron chi connectivity index (χ3n) is 3.38. The van der Waals surface area contributed by atoms with E-state index in [9.17, 15) is 8.42 Å². The van der Waals surface area contributed by atoms with Gasteiger partial charge in [0.15, 0.2) is 11.5 Å². The minimum absolute atomic E-state index is 0.0898. The SMILES string of the molecule is O=S(=O)(c1ccc2c(c1)OCCO2)N(CCCl)C1CC1. The Labute approximate surface area is 123 Å². The fraction of sp³-hybridized carbons (Fsp3) is 0.538. The summed E-state index contributed by atoms with van der Waals surface area (Å²) in [5, 5.41) is 0. The molecule has 20 heavy (non-hydrogen) atoms. The maximum atomic E-state index is 12.7. The third-order valence-corrected chi connectivity index (χ3v) is 5.50. The normalized spacial score (nSPS) is 18.3. The minimum Gasteiger partial charge on any atom is -0.486 e. The molecule has 1 saturated carbocycles. The van der Waals surface area contributed by atoms with E-state index in [2.05, 4.69) is 0 Å². The van der Waals surface area contributed by atoms with E-state index in [1.165, 1.54) is 10.4 Å². The van der Waals surface area contributed by atoms with Crippen LogP contribution in [0.3, 0.4) is 0 Å². The Balaban J connectivity index is 1.93. The van der Waals surface area contributed by atoms with Gasteiger partial charge in [-0.05, 0) is 25.0 Å². The highest BCUT2D eigenvalue weighted by Gasteiger charge is 2.38. The first-order valence-corrected chi connectivity index (χ1v) is 8.58. The Hall–Kier alpha value is -0.980. The number of rotatable bonds is 5. The maximum Gasteiger partial charge on any atom is 0.243 e. The van der Waals surface area contributed by atoms with Gasteiger partial charge in [0.05, 0.1) is 4.90 Å². The van der Waals surface area contributed by atoms with Gasteiger partial charge in [0.25, 0.3) is 0 Å². The van der Waals surface area contributed by atoms with Crippen LogP contribution < -0.4 is 9.47 Å². The summed E-state index contributed by atoms with van der Waals surface area (Å²) < 4.78 is 37.7. The van der Waals surface area contributed by atoms with Gasteiger partial charge >= 0.3 is 0 Å². The molecule has 5 nitrogen and oxygen atoms in total. The zero-order valence-corrected chi connectivity index (χ0v) is 12.5. The molecule has 0 spiro atoms. The van der Waals surface area contributed by atoms with E-state index in [1.807, 2.05) is 0 Å². The fourth-order valence-electron chi connectivity index (χ4n) is 2.26. The lowest BCUT2D eigenvalue weighted by Gasteiger charge is -2.23. The summed E-state index contributed by atoms with van der Waals surface area (Å²) >= 11 is 5.73. The zero-order chi connectivity index (χ0) is 14.2. The van der Waals surface area contributed by atoms with Gasteiger partial charge in [0.2, 0.25) is 10.0 Å². The Morgan fingerprint density at radius 2 is 1.90 bits per heavy atom. The number of fused-ring (bicyclic) bond motifs is 1. The molecule has 0 radical (unpaired) electrons. The number of alkyl halides is 1. The Morgan fingerprint density at radius 1 is 1.20 bits per heavy atom. The number of halogens is 1. The largest absolute Gasteiger partial charge is 0.486 e. The number of benzene rings is 1. The molecular weight excluding hydrogens is 302 g/mol. The summed E-state index contributed by atoms with van der Waals surface area (Å²) in [7, 11) is -3.52. The molecule has 0 N–H and O–H groups in total. The summed E-state index contributed by atoms with van der Waals surface area (Å²) in [6.45, 7) is 1.26. The van der Waals surface area contributed by atoms with Gasteiger partial charge in [-0.15, -0.1) is 11.6 Å². The van der Waals surface area contributed by atoms with Gasteiger partial charge in [-0.25, -0.2) is 8.42 Å². The van der Waals surface area contributed by atoms with Crippen LogP contribution in [-0.2, 0) is 10.0 Å². The van der Waals surface area contributed by atoms with Crippen molar-refractivity contribution in [1.29, 1.82) is 0 Å². The van der Waals surface area contributed by atoms with E-state index in [0.717, 1.165) is 12.8 Å². The second-order valence-electron chi connectivity index (χ2n) is 4.84. The first-order valence-electron chi connectivity index (χ1n) is 6.60. The molecule has 7 heteroatoms. The minimum atomic E-state index is -3.52. The van der Waals surface area contributed by atoms with Gasteiger partial charge in [-0.1, -0.05) is 0 Å². The lowest BCUT2D eigenvalue weighted by atomic mass is 10.3. The Kier molecular flexibility index (Phi) is 3.79. The highest BCUT2D eigenvalue weighted by molar-refractivity contribution is 7.89. The van der Waals surface area contributed by atoms with Gasteiger partial charge in [-0.2, -0.15) is 4.31 Å². The molecule has 1 aromatic carbocycles. The van der Waals surface area contributed by atoms with Crippen LogP contribution in [0.1, 0.15) is 12.8 Å². The molecule has 0 atom stereocenters. The predicted octanol–water partition coefficient (Wildman–Crippen LogP) is 1.85. The molecule has 110 valence electrons. The van der Waals surface area contributed by atoms with Crippen LogP contribution in [0.5, 0.6) is 11.5 Å². The van der Waals surface area contributed by atoms with E-state index in [-0.39, 0.29) is 10.9 Å². The van der Waals surface area contributed by atoms with E-state index >= 15 is 0 Å². The van der Waals surface area contributed by atoms with Crippen LogP contribution in [0, 0.1) is 0 Å². The summed E-state index contributed by atoms with van der Waals surface area (Å²) in [6.07, 6.45) is 1.81. The highest BCUT2D eigenvalue weighted by Crippen LogP contribution is 2.36. The summed E-state index contributed by atoms with van der Waals surface area (Å²) in [5.74, 6) is 1.37. The smallest absolute Gasteiger partial charge is 0.243 e. The summed E-state index contributed by atoms with van der Waals surface area (Å²) in [6, 6.07) is 4.83. The summed E-state index contributed by atoms with van der Waals surface area (Å²) in [5.41, 5.74) is 0. The molecule has 1 aliphatic carbocycles. The molecule has 2 aliphatic rings. The van der Waals surface area contributed by atoms with Crippen LogP contribution in [0.2, 0.25) is 0 Å². The van der Waals surface area contributed by atoms with Crippen LogP contribution in [0.4, 0.5) is 0 Å². The lowest BCUT2D eigenvalue weighted by molar-refractivity contribution is 0.171. The zero-order valence-electron chi connectivity index (χ0n) is 10.9. The van der Waals surface area contributed by atoms with Gasteiger partial charge in [0, 0.05) is 24.5 Å². The maximum absolute atomic E-state index is 12.7. The molecule has 0 unspecified atom stereocenters. The van der Waals surface area contributed by atoms with Crippen LogP contribution in [-0.4, -0.2) is 44.4 Å². The predicted molar refractivity (Wildman–Crippen MR) is 75.1 cm³/mol.